The van der Waals surface area contributed by atoms with Gasteiger partial charge in [0.25, 0.3) is 0 Å². The van der Waals surface area contributed by atoms with Crippen LogP contribution in [0.3, 0.4) is 0 Å². The van der Waals surface area contributed by atoms with Crippen molar-refractivity contribution in [3.63, 3.8) is 0 Å². The number of aliphatic carboxylic acids is 1. The first-order valence-corrected chi connectivity index (χ1v) is 29.2. The van der Waals surface area contributed by atoms with Gasteiger partial charge in [0.1, 0.15) is 78.0 Å². The fourth-order valence-electron chi connectivity index (χ4n) is 11.5. The van der Waals surface area contributed by atoms with Gasteiger partial charge in [0.15, 0.2) is 5.75 Å². The van der Waals surface area contributed by atoms with Crippen LogP contribution in [-0.2, 0) is 46.2 Å². The van der Waals surface area contributed by atoms with Crippen molar-refractivity contribution >= 4 is 50.7 Å². The van der Waals surface area contributed by atoms with E-state index in [9.17, 15) is 14.3 Å². The number of nitrogens with zero attached hydrogens (tertiary/aromatic N) is 6. The Bertz CT molecular complexity index is 3140. The van der Waals surface area contributed by atoms with Crippen LogP contribution in [-0.4, -0.2) is 177 Å². The van der Waals surface area contributed by atoms with E-state index >= 15 is 0 Å². The standard InChI is InChI=1S/C59H67Cl2FN6O12S/c1-33-47-34(2)51(61)54(50(33)60)79-42(27-68-19-17-67(3)18-20-68)29-75-41-13-14-43(37(25-41)26-44(59(69)70)80-57-49-48(47)55(81-58(49)65-32-64-57)35-5-9-38(62)10-6-35)76-28-39-15-16-63-56(66-39)36-7-11-40(12-8-36)73-23-21-72-22-24-74-46-31-78-52-45(71-4)30-77-53(46)52/h5-6,9-10,13-16,25,32,36,40,42,44-46,52-53H,7-8,11-12,17-24,26-31H2,1-4H3,(H,69,70)/t36-,40-,42-,44-,45-,46-,52-,53-/m1/s1. The number of hydrogen-bond donors (Lipinski definition) is 1. The molecule has 5 aliphatic heterocycles. The molecule has 12 rings (SSSR count). The summed E-state index contributed by atoms with van der Waals surface area (Å²) in [4.78, 5) is 38.2. The lowest BCUT2D eigenvalue weighted by molar-refractivity contribution is -0.145. The van der Waals surface area contributed by atoms with Crippen molar-refractivity contribution < 1.29 is 61.7 Å². The highest BCUT2D eigenvalue weighted by atomic mass is 35.5. The van der Waals surface area contributed by atoms with E-state index in [4.69, 9.17) is 75.6 Å². The molecule has 3 aromatic heterocycles. The Hall–Kier alpha value is -5.36. The van der Waals surface area contributed by atoms with Gasteiger partial charge < -0.3 is 57.4 Å². The van der Waals surface area contributed by atoms with Crippen molar-refractivity contribution in [3.05, 3.63) is 105 Å². The van der Waals surface area contributed by atoms with E-state index in [-0.39, 0.29) is 62.0 Å². The summed E-state index contributed by atoms with van der Waals surface area (Å²) in [7, 11) is 3.78. The number of thiophene rings is 1. The van der Waals surface area contributed by atoms with Gasteiger partial charge in [0, 0.05) is 74.4 Å². The van der Waals surface area contributed by atoms with Crippen molar-refractivity contribution in [1.29, 1.82) is 0 Å². The second-order valence-electron chi connectivity index (χ2n) is 21.3. The molecule has 432 valence electrons. The molecule has 4 bridgehead atoms. The fraction of sp³-hybridized carbons (Fsp3) is 0.508. The number of benzene rings is 3. The fourth-order valence-corrected chi connectivity index (χ4v) is 13.1. The quantitative estimate of drug-likeness (QED) is 0.0851. The van der Waals surface area contributed by atoms with Gasteiger partial charge in [-0.15, -0.1) is 11.3 Å². The summed E-state index contributed by atoms with van der Waals surface area (Å²) in [5.74, 6) is 0.479. The summed E-state index contributed by atoms with van der Waals surface area (Å²) >= 11 is 16.1. The lowest BCUT2D eigenvalue weighted by Gasteiger charge is -2.35. The molecule has 1 aliphatic carbocycles. The molecule has 22 heteroatoms. The van der Waals surface area contributed by atoms with Crippen LogP contribution in [0.15, 0.2) is 61.1 Å². The molecule has 0 radical (unpaired) electrons. The van der Waals surface area contributed by atoms with Crippen molar-refractivity contribution in [2.45, 2.75) is 101 Å². The normalized spacial score (nSPS) is 24.3. The van der Waals surface area contributed by atoms with E-state index < -0.39 is 24.0 Å². The molecule has 6 aromatic rings. The zero-order valence-electron chi connectivity index (χ0n) is 45.8. The Morgan fingerprint density at radius 2 is 1.57 bits per heavy atom. The molecule has 8 heterocycles. The Kier molecular flexibility index (Phi) is 18.5. The summed E-state index contributed by atoms with van der Waals surface area (Å²) in [6.45, 7) is 10.8. The molecule has 6 aliphatic rings. The predicted octanol–water partition coefficient (Wildman–Crippen LogP) is 9.18. The smallest absolute Gasteiger partial charge is 0.345 e. The highest BCUT2D eigenvalue weighted by Crippen LogP contribution is 2.53. The third-order valence-electron chi connectivity index (χ3n) is 15.9. The van der Waals surface area contributed by atoms with Crippen LogP contribution in [0.1, 0.15) is 59.8 Å². The number of ether oxygens (including phenoxy) is 10. The van der Waals surface area contributed by atoms with Gasteiger partial charge in [-0.25, -0.2) is 29.1 Å². The number of fused-ring (bicyclic) bond motifs is 8. The summed E-state index contributed by atoms with van der Waals surface area (Å²) < 4.78 is 76.2. The van der Waals surface area contributed by atoms with Gasteiger partial charge >= 0.3 is 5.97 Å². The van der Waals surface area contributed by atoms with Crippen LogP contribution in [0.4, 0.5) is 4.39 Å². The first-order chi connectivity index (χ1) is 39.4. The highest BCUT2D eigenvalue weighted by Gasteiger charge is 2.48. The van der Waals surface area contributed by atoms with Crippen molar-refractivity contribution in [2.24, 2.45) is 0 Å². The third kappa shape index (κ3) is 13.1. The van der Waals surface area contributed by atoms with E-state index in [1.807, 2.05) is 19.9 Å². The van der Waals surface area contributed by atoms with Gasteiger partial charge in [-0.05, 0) is 105 Å². The number of carbonyl (C=O) groups is 1. The van der Waals surface area contributed by atoms with Crippen molar-refractivity contribution in [2.75, 3.05) is 93.1 Å². The Balaban J connectivity index is 0.805. The highest BCUT2D eigenvalue weighted by molar-refractivity contribution is 7.22. The van der Waals surface area contributed by atoms with Gasteiger partial charge in [-0.2, -0.15) is 0 Å². The molecule has 3 saturated heterocycles. The number of carboxylic acid groups (broad SMARTS) is 1. The molecular formula is C59H67Cl2FN6O12S. The van der Waals surface area contributed by atoms with Crippen LogP contribution in [0.25, 0.3) is 31.8 Å². The summed E-state index contributed by atoms with van der Waals surface area (Å²) in [6.07, 6.45) is 4.16. The maximum absolute atomic E-state index is 14.5. The van der Waals surface area contributed by atoms with Crippen LogP contribution in [0.5, 0.6) is 23.1 Å². The first kappa shape index (κ1) is 57.5. The molecule has 0 amide bonds. The van der Waals surface area contributed by atoms with Crippen LogP contribution in [0.2, 0.25) is 10.0 Å². The largest absolute Gasteiger partial charge is 0.490 e. The predicted molar refractivity (Wildman–Crippen MR) is 302 cm³/mol. The van der Waals surface area contributed by atoms with E-state index in [1.165, 1.54) is 29.8 Å². The minimum atomic E-state index is -1.47. The second kappa shape index (κ2) is 26.1. The number of carboxylic acids is 1. The summed E-state index contributed by atoms with van der Waals surface area (Å²) in [5, 5.41) is 12.0. The van der Waals surface area contributed by atoms with Crippen LogP contribution >= 0.6 is 34.5 Å². The average Bonchev–Trinajstić information content (AvgIpc) is 4.39. The summed E-state index contributed by atoms with van der Waals surface area (Å²) in [6, 6.07) is 13.3. The minimum absolute atomic E-state index is 0.0278. The number of hydrogen-bond acceptors (Lipinski definition) is 18. The zero-order valence-corrected chi connectivity index (χ0v) is 48.1. The van der Waals surface area contributed by atoms with E-state index in [1.54, 1.807) is 43.6 Å². The van der Waals surface area contributed by atoms with E-state index in [0.717, 1.165) is 57.7 Å². The molecule has 0 spiro atoms. The topological polar surface area (TPSA) is 188 Å². The Morgan fingerprint density at radius 1 is 0.840 bits per heavy atom. The van der Waals surface area contributed by atoms with E-state index in [2.05, 4.69) is 31.8 Å². The summed E-state index contributed by atoms with van der Waals surface area (Å²) in [5.41, 5.74) is 4.44. The maximum atomic E-state index is 14.5. The zero-order chi connectivity index (χ0) is 56.1. The third-order valence-corrected chi connectivity index (χ3v) is 18.0. The SMILES string of the molecule is CO[C@@H]1CO[C@H]2[C@@H]1OC[C@H]2OCCOCCO[C@H]1CC[C@H](c2nccc(COc3ccc4cc3C[C@H](C(=O)O)Oc3ncnc5sc(-c6ccc(F)cc6)c(c35)-c3c(C)c(Cl)c(c(Cl)c3C)O[C@H](CN3CCN(C)CC3)CO4)n2)CC1. The second-order valence-corrected chi connectivity index (χ2v) is 23.0. The number of aromatic nitrogens is 4. The molecule has 4 fully saturated rings. The van der Waals surface area contributed by atoms with Crippen LogP contribution < -0.4 is 18.9 Å². The number of halogens is 3. The molecule has 3 aromatic carbocycles. The molecular weight excluding hydrogens is 1110 g/mol. The first-order valence-electron chi connectivity index (χ1n) is 27.6. The number of likely N-dealkylation sites (N-methyl/N-ethyl adjacent to an activating group) is 1. The lowest BCUT2D eigenvalue weighted by atomic mass is 9.87. The molecule has 18 nitrogen and oxygen atoms in total. The molecule has 81 heavy (non-hydrogen) atoms. The number of rotatable bonds is 17. The molecule has 1 saturated carbocycles. The average molecular weight is 1170 g/mol. The Labute approximate surface area is 484 Å². The minimum Gasteiger partial charge on any atom is -0.490 e. The van der Waals surface area contributed by atoms with Crippen molar-refractivity contribution in [1.82, 2.24) is 29.7 Å². The molecule has 6 atom stereocenters. The van der Waals surface area contributed by atoms with Gasteiger partial charge in [0.05, 0.1) is 66.9 Å². The monoisotopic (exact) mass is 1170 g/mol. The molecule has 0 unspecified atom stereocenters. The number of piperazine rings is 1. The van der Waals surface area contributed by atoms with Crippen molar-refractivity contribution in [3.8, 4) is 44.7 Å². The lowest BCUT2D eigenvalue weighted by Crippen LogP contribution is -2.49. The van der Waals surface area contributed by atoms with Gasteiger partial charge in [-0.3, -0.25) is 4.90 Å². The van der Waals surface area contributed by atoms with Gasteiger partial charge in [0.2, 0.25) is 12.0 Å². The maximum Gasteiger partial charge on any atom is 0.345 e. The molecule has 1 N–H and O–H groups in total. The Morgan fingerprint density at radius 3 is 2.31 bits per heavy atom. The van der Waals surface area contributed by atoms with Gasteiger partial charge in [-0.1, -0.05) is 35.3 Å². The number of methoxy groups -OCH3 is 1. The van der Waals surface area contributed by atoms with Crippen LogP contribution in [0, 0.1) is 19.7 Å². The van der Waals surface area contributed by atoms with E-state index in [0.29, 0.717) is 128 Å².